The minimum Gasteiger partial charge on any atom is -0.314 e. The lowest BCUT2D eigenvalue weighted by atomic mass is 9.93. The molecule has 1 fully saturated rings. The predicted octanol–water partition coefficient (Wildman–Crippen LogP) is 3.57. The Morgan fingerprint density at radius 1 is 1.30 bits per heavy atom. The minimum absolute atomic E-state index is 0. The highest BCUT2D eigenvalue weighted by Gasteiger charge is 2.29. The zero-order valence-corrected chi connectivity index (χ0v) is 15.0. The first-order valence-corrected chi connectivity index (χ1v) is 7.37. The third-order valence-corrected chi connectivity index (χ3v) is 3.83. The number of nitrogens with one attached hydrogen (secondary N) is 1. The van der Waals surface area contributed by atoms with Crippen molar-refractivity contribution < 1.29 is 9.31 Å². The van der Waals surface area contributed by atoms with Gasteiger partial charge in [-0.15, -0.1) is 24.8 Å². The summed E-state index contributed by atoms with van der Waals surface area (Å²) in [4.78, 5) is 13.1. The average Bonchev–Trinajstić information content (AvgIpc) is 2.45. The largest absolute Gasteiger partial charge is 0.314 e. The molecule has 1 aromatic rings. The van der Waals surface area contributed by atoms with Gasteiger partial charge in [-0.3, -0.25) is 15.0 Å². The topological polar surface area (TPSA) is 58.4 Å². The van der Waals surface area contributed by atoms with Crippen molar-refractivity contribution in [1.29, 1.82) is 0 Å². The van der Waals surface area contributed by atoms with Gasteiger partial charge in [-0.25, -0.2) is 4.39 Å². The first-order valence-electron chi connectivity index (χ1n) is 7.37. The van der Waals surface area contributed by atoms with E-state index in [9.17, 15) is 14.5 Å². The van der Waals surface area contributed by atoms with Crippen LogP contribution in [0.2, 0.25) is 0 Å². The number of halogens is 3. The summed E-state index contributed by atoms with van der Waals surface area (Å²) in [7, 11) is 0. The number of rotatable bonds is 5. The van der Waals surface area contributed by atoms with Crippen LogP contribution in [0.25, 0.3) is 0 Å². The third kappa shape index (κ3) is 5.88. The molecule has 0 aromatic heterocycles. The lowest BCUT2D eigenvalue weighted by molar-refractivity contribution is -0.386. The molecule has 23 heavy (non-hydrogen) atoms. The van der Waals surface area contributed by atoms with Gasteiger partial charge in [0.25, 0.3) is 5.69 Å². The fraction of sp³-hybridized carbons (Fsp3) is 0.600. The molecule has 1 aromatic carbocycles. The second-order valence-electron chi connectivity index (χ2n) is 5.89. The number of hydrogen-bond donors (Lipinski definition) is 1. The minimum atomic E-state index is -0.417. The average molecular weight is 368 g/mol. The van der Waals surface area contributed by atoms with Crippen LogP contribution in [0.1, 0.15) is 31.9 Å². The van der Waals surface area contributed by atoms with E-state index in [0.29, 0.717) is 11.5 Å². The molecule has 0 aliphatic carbocycles. The second-order valence-corrected chi connectivity index (χ2v) is 5.89. The summed E-state index contributed by atoms with van der Waals surface area (Å²) in [5.74, 6) is -0.0350. The van der Waals surface area contributed by atoms with Crippen molar-refractivity contribution >= 4 is 30.5 Å². The molecule has 1 N–H and O–H groups in total. The van der Waals surface area contributed by atoms with Crippen molar-refractivity contribution in [1.82, 2.24) is 10.2 Å². The van der Waals surface area contributed by atoms with Crippen molar-refractivity contribution in [2.24, 2.45) is 5.92 Å². The van der Waals surface area contributed by atoms with Crippen LogP contribution in [0.3, 0.4) is 0 Å². The summed E-state index contributed by atoms with van der Waals surface area (Å²) < 4.78 is 13.6. The van der Waals surface area contributed by atoms with Crippen molar-refractivity contribution in [3.8, 4) is 0 Å². The van der Waals surface area contributed by atoms with Crippen LogP contribution < -0.4 is 5.32 Å². The molecule has 0 amide bonds. The predicted molar refractivity (Wildman–Crippen MR) is 94.2 cm³/mol. The fourth-order valence-electron chi connectivity index (χ4n) is 2.87. The summed E-state index contributed by atoms with van der Waals surface area (Å²) in [5, 5.41) is 14.5. The highest BCUT2D eigenvalue weighted by atomic mass is 35.5. The number of piperazine rings is 1. The zero-order chi connectivity index (χ0) is 15.4. The number of hydrogen-bond acceptors (Lipinski definition) is 4. The molecular weight excluding hydrogens is 344 g/mol. The van der Waals surface area contributed by atoms with Crippen molar-refractivity contribution in [2.75, 3.05) is 26.2 Å². The van der Waals surface area contributed by atoms with Gasteiger partial charge in [-0.1, -0.05) is 13.8 Å². The zero-order valence-electron chi connectivity index (χ0n) is 13.3. The van der Waals surface area contributed by atoms with E-state index in [4.69, 9.17) is 0 Å². The Kier molecular flexibility index (Phi) is 9.61. The number of nitrogens with zero attached hydrogens (tertiary/aromatic N) is 2. The molecule has 132 valence electrons. The van der Waals surface area contributed by atoms with E-state index in [-0.39, 0.29) is 36.5 Å². The number of nitro groups is 1. The van der Waals surface area contributed by atoms with E-state index in [1.165, 1.54) is 12.1 Å². The maximum absolute atomic E-state index is 13.6. The van der Waals surface area contributed by atoms with Gasteiger partial charge < -0.3 is 5.32 Å². The Labute approximate surface area is 148 Å². The van der Waals surface area contributed by atoms with Crippen LogP contribution in [0.5, 0.6) is 0 Å². The fourth-order valence-corrected chi connectivity index (χ4v) is 2.87. The van der Waals surface area contributed by atoms with E-state index in [1.807, 2.05) is 0 Å². The van der Waals surface area contributed by atoms with Gasteiger partial charge in [0, 0.05) is 43.9 Å². The lowest BCUT2D eigenvalue weighted by Gasteiger charge is -2.35. The second kappa shape index (κ2) is 10.0. The normalized spacial score (nSPS) is 16.3. The molecule has 8 heteroatoms. The molecule has 5 nitrogen and oxygen atoms in total. The highest BCUT2D eigenvalue weighted by Crippen LogP contribution is 2.34. The van der Waals surface area contributed by atoms with Crippen LogP contribution in [-0.4, -0.2) is 36.0 Å². The first kappa shape index (κ1) is 22.1. The van der Waals surface area contributed by atoms with Crippen LogP contribution in [-0.2, 0) is 0 Å². The summed E-state index contributed by atoms with van der Waals surface area (Å²) in [6.45, 7) is 7.53. The Morgan fingerprint density at radius 3 is 2.43 bits per heavy atom. The highest BCUT2D eigenvalue weighted by molar-refractivity contribution is 5.85. The molecule has 0 radical (unpaired) electrons. The van der Waals surface area contributed by atoms with Gasteiger partial charge in [-0.2, -0.15) is 0 Å². The van der Waals surface area contributed by atoms with Gasteiger partial charge in [0.2, 0.25) is 0 Å². The molecule has 1 aliphatic heterocycles. The van der Waals surface area contributed by atoms with Crippen molar-refractivity contribution in [3.63, 3.8) is 0 Å². The van der Waals surface area contributed by atoms with E-state index in [1.54, 1.807) is 0 Å². The summed E-state index contributed by atoms with van der Waals surface area (Å²) in [6.07, 6.45) is 0.782. The number of nitro benzene ring substituents is 1. The summed E-state index contributed by atoms with van der Waals surface area (Å²) in [5.41, 5.74) is 0.510. The van der Waals surface area contributed by atoms with Gasteiger partial charge in [0.1, 0.15) is 5.82 Å². The summed E-state index contributed by atoms with van der Waals surface area (Å²) >= 11 is 0. The van der Waals surface area contributed by atoms with Crippen LogP contribution in [0, 0.1) is 21.8 Å². The molecule has 0 saturated carbocycles. The quantitative estimate of drug-likeness (QED) is 0.638. The smallest absolute Gasteiger partial charge is 0.274 e. The molecular formula is C15H24Cl2FN3O2. The van der Waals surface area contributed by atoms with Crippen LogP contribution in [0.4, 0.5) is 10.1 Å². The SMILES string of the molecule is CC(C)C[C@H](c1cc(F)ccc1[N+](=O)[O-])N1CCNCC1.Cl.Cl. The maximum atomic E-state index is 13.6. The van der Waals surface area contributed by atoms with Gasteiger partial charge in [0.15, 0.2) is 0 Å². The Balaban J connectivity index is 0.00000242. The molecule has 1 saturated heterocycles. The number of benzene rings is 1. The standard InChI is InChI=1S/C15H22FN3O2.2ClH/c1-11(2)9-15(18-7-5-17-6-8-18)13-10-12(16)3-4-14(13)19(20)21;;/h3-4,10-11,15,17H,5-9H2,1-2H3;2*1H/t15-;;/m1../s1. The van der Waals surface area contributed by atoms with Crippen molar-refractivity contribution in [2.45, 2.75) is 26.3 Å². The van der Waals surface area contributed by atoms with E-state index in [0.717, 1.165) is 38.7 Å². The van der Waals surface area contributed by atoms with E-state index >= 15 is 0 Å². The van der Waals surface area contributed by atoms with Crippen molar-refractivity contribution in [3.05, 3.63) is 39.7 Å². The van der Waals surface area contributed by atoms with Crippen LogP contribution >= 0.6 is 24.8 Å². The molecule has 0 bridgehead atoms. The molecule has 0 unspecified atom stereocenters. The van der Waals surface area contributed by atoms with E-state index in [2.05, 4.69) is 24.1 Å². The monoisotopic (exact) mass is 367 g/mol. The maximum Gasteiger partial charge on any atom is 0.274 e. The molecule has 1 aliphatic rings. The lowest BCUT2D eigenvalue weighted by Crippen LogP contribution is -2.45. The third-order valence-electron chi connectivity index (χ3n) is 3.83. The Morgan fingerprint density at radius 2 is 1.91 bits per heavy atom. The summed E-state index contributed by atoms with van der Waals surface area (Å²) in [6, 6.07) is 3.65. The van der Waals surface area contributed by atoms with Gasteiger partial charge in [0.05, 0.1) is 4.92 Å². The van der Waals surface area contributed by atoms with Gasteiger partial charge in [-0.05, 0) is 24.5 Å². The molecule has 2 rings (SSSR count). The van der Waals surface area contributed by atoms with Crippen LogP contribution in [0.15, 0.2) is 18.2 Å². The molecule has 1 heterocycles. The Hall–Kier alpha value is -0.950. The first-order chi connectivity index (χ1) is 9.99. The Bertz CT molecular complexity index is 511. The van der Waals surface area contributed by atoms with Gasteiger partial charge >= 0.3 is 0 Å². The molecule has 1 atom stereocenters. The van der Waals surface area contributed by atoms with E-state index < -0.39 is 10.7 Å². The molecule has 0 spiro atoms.